The first-order valence-electron chi connectivity index (χ1n) is 8.52. The molecule has 0 radical (unpaired) electrons. The molecule has 3 rings (SSSR count). The third kappa shape index (κ3) is 4.65. The molecule has 2 N–H and O–H groups in total. The van der Waals surface area contributed by atoms with Crippen LogP contribution >= 0.6 is 15.9 Å². The van der Waals surface area contributed by atoms with Crippen LogP contribution in [0.2, 0.25) is 0 Å². The topological polar surface area (TPSA) is 70.9 Å². The van der Waals surface area contributed by atoms with E-state index in [0.29, 0.717) is 22.4 Å². The van der Waals surface area contributed by atoms with Gasteiger partial charge in [-0.05, 0) is 56.9 Å². The van der Waals surface area contributed by atoms with Crippen molar-refractivity contribution in [2.24, 2.45) is 5.10 Å². The number of amides is 1. The molecule has 0 unspecified atom stereocenters. The molecule has 0 heterocycles. The molecule has 0 aliphatic carbocycles. The SMILES string of the molecule is CCOc1cc(C=NNC(=O)Cc2cccc3ccccc23)cc(Br)c1O. The number of benzene rings is 3. The summed E-state index contributed by atoms with van der Waals surface area (Å²) < 4.78 is 5.87. The molecule has 0 fully saturated rings. The predicted octanol–water partition coefficient (Wildman–Crippen LogP) is 4.40. The summed E-state index contributed by atoms with van der Waals surface area (Å²) >= 11 is 3.28. The number of hydrogen-bond donors (Lipinski definition) is 2. The lowest BCUT2D eigenvalue weighted by Gasteiger charge is -2.08. The van der Waals surface area contributed by atoms with E-state index in [-0.39, 0.29) is 18.1 Å². The van der Waals surface area contributed by atoms with E-state index in [1.165, 1.54) is 6.21 Å². The summed E-state index contributed by atoms with van der Waals surface area (Å²) in [5.74, 6) is 0.190. The zero-order valence-corrected chi connectivity index (χ0v) is 16.4. The highest BCUT2D eigenvalue weighted by Crippen LogP contribution is 2.35. The molecule has 0 saturated heterocycles. The molecule has 0 atom stereocenters. The van der Waals surface area contributed by atoms with E-state index in [9.17, 15) is 9.90 Å². The first-order chi connectivity index (χ1) is 13.1. The van der Waals surface area contributed by atoms with Gasteiger partial charge in [-0.1, -0.05) is 42.5 Å². The molecule has 0 aliphatic rings. The van der Waals surface area contributed by atoms with Crippen LogP contribution in [-0.2, 0) is 11.2 Å². The van der Waals surface area contributed by atoms with Crippen LogP contribution in [0.1, 0.15) is 18.1 Å². The monoisotopic (exact) mass is 426 g/mol. The number of carbonyl (C=O) groups is 1. The third-order valence-corrected chi connectivity index (χ3v) is 4.59. The van der Waals surface area contributed by atoms with E-state index in [4.69, 9.17) is 4.74 Å². The summed E-state index contributed by atoms with van der Waals surface area (Å²) in [7, 11) is 0. The standard InChI is InChI=1S/C21H19BrN2O3/c1-2-27-19-11-14(10-18(22)21(19)26)13-23-24-20(25)12-16-8-5-7-15-6-3-4-9-17(15)16/h3-11,13,26H,2,12H2,1H3,(H,24,25). The minimum Gasteiger partial charge on any atom is -0.503 e. The van der Waals surface area contributed by atoms with Crippen molar-refractivity contribution in [3.05, 3.63) is 70.2 Å². The van der Waals surface area contributed by atoms with Crippen LogP contribution < -0.4 is 10.2 Å². The quantitative estimate of drug-likeness (QED) is 0.453. The van der Waals surface area contributed by atoms with E-state index in [2.05, 4.69) is 26.5 Å². The Bertz CT molecular complexity index is 997. The van der Waals surface area contributed by atoms with Gasteiger partial charge in [-0.3, -0.25) is 4.79 Å². The van der Waals surface area contributed by atoms with Crippen LogP contribution in [0.15, 0.2) is 64.2 Å². The second-order valence-corrected chi connectivity index (χ2v) is 6.75. The van der Waals surface area contributed by atoms with Gasteiger partial charge in [0.2, 0.25) is 5.91 Å². The van der Waals surface area contributed by atoms with Gasteiger partial charge >= 0.3 is 0 Å². The summed E-state index contributed by atoms with van der Waals surface area (Å²) in [4.78, 5) is 12.2. The van der Waals surface area contributed by atoms with Gasteiger partial charge in [-0.15, -0.1) is 0 Å². The fraction of sp³-hybridized carbons (Fsp3) is 0.143. The summed E-state index contributed by atoms with van der Waals surface area (Å²) in [5.41, 5.74) is 4.18. The average Bonchev–Trinajstić information content (AvgIpc) is 2.66. The second-order valence-electron chi connectivity index (χ2n) is 5.89. The minimum atomic E-state index is -0.203. The largest absolute Gasteiger partial charge is 0.503 e. The Hall–Kier alpha value is -2.86. The van der Waals surface area contributed by atoms with E-state index in [1.807, 2.05) is 49.4 Å². The number of rotatable bonds is 6. The zero-order valence-electron chi connectivity index (χ0n) is 14.8. The molecule has 0 aliphatic heterocycles. The van der Waals surface area contributed by atoms with Crippen molar-refractivity contribution < 1.29 is 14.6 Å². The Morgan fingerprint density at radius 1 is 1.22 bits per heavy atom. The van der Waals surface area contributed by atoms with Crippen LogP contribution in [0.3, 0.4) is 0 Å². The highest BCUT2D eigenvalue weighted by atomic mass is 79.9. The molecule has 5 nitrogen and oxygen atoms in total. The highest BCUT2D eigenvalue weighted by Gasteiger charge is 2.09. The summed E-state index contributed by atoms with van der Waals surface area (Å²) in [6, 6.07) is 17.2. The normalized spacial score (nSPS) is 11.0. The van der Waals surface area contributed by atoms with Crippen molar-refractivity contribution >= 4 is 38.8 Å². The maximum absolute atomic E-state index is 12.2. The van der Waals surface area contributed by atoms with Crippen molar-refractivity contribution in [3.63, 3.8) is 0 Å². The Morgan fingerprint density at radius 3 is 2.81 bits per heavy atom. The lowest BCUT2D eigenvalue weighted by Crippen LogP contribution is -2.19. The molecule has 0 bridgehead atoms. The number of nitrogens with one attached hydrogen (secondary N) is 1. The Kier molecular flexibility index (Phi) is 6.08. The van der Waals surface area contributed by atoms with E-state index < -0.39 is 0 Å². The Labute approximate surface area is 165 Å². The smallest absolute Gasteiger partial charge is 0.244 e. The molecular weight excluding hydrogens is 408 g/mol. The van der Waals surface area contributed by atoms with Gasteiger partial charge in [0.25, 0.3) is 0 Å². The second kappa shape index (κ2) is 8.68. The summed E-state index contributed by atoms with van der Waals surface area (Å²) in [6.45, 7) is 2.27. The molecule has 3 aromatic carbocycles. The predicted molar refractivity (Wildman–Crippen MR) is 110 cm³/mol. The molecule has 0 aromatic heterocycles. The molecule has 6 heteroatoms. The van der Waals surface area contributed by atoms with Crippen LogP contribution in [0.4, 0.5) is 0 Å². The molecule has 3 aromatic rings. The number of hydrazone groups is 1. The number of hydrogen-bond acceptors (Lipinski definition) is 4. The third-order valence-electron chi connectivity index (χ3n) is 3.98. The van der Waals surface area contributed by atoms with Gasteiger partial charge in [-0.2, -0.15) is 5.10 Å². The van der Waals surface area contributed by atoms with Gasteiger partial charge in [-0.25, -0.2) is 5.43 Å². The first-order valence-corrected chi connectivity index (χ1v) is 9.31. The van der Waals surface area contributed by atoms with Crippen molar-refractivity contribution in [1.29, 1.82) is 0 Å². The Morgan fingerprint density at radius 2 is 2.00 bits per heavy atom. The van der Waals surface area contributed by atoms with Gasteiger partial charge in [0.05, 0.1) is 23.7 Å². The van der Waals surface area contributed by atoms with Crippen LogP contribution in [-0.4, -0.2) is 23.8 Å². The number of aromatic hydroxyl groups is 1. The maximum atomic E-state index is 12.2. The Balaban J connectivity index is 1.68. The zero-order chi connectivity index (χ0) is 19.2. The van der Waals surface area contributed by atoms with Gasteiger partial charge in [0, 0.05) is 0 Å². The first kappa shape index (κ1) is 18.9. The number of halogens is 1. The number of carbonyl (C=O) groups excluding carboxylic acids is 1. The average molecular weight is 427 g/mol. The van der Waals surface area contributed by atoms with Gasteiger partial charge in [0.1, 0.15) is 0 Å². The molecule has 138 valence electrons. The molecule has 0 saturated carbocycles. The number of fused-ring (bicyclic) bond motifs is 1. The number of ether oxygens (including phenoxy) is 1. The van der Waals surface area contributed by atoms with Gasteiger partial charge in [0.15, 0.2) is 11.5 Å². The lowest BCUT2D eigenvalue weighted by atomic mass is 10.0. The summed E-state index contributed by atoms with van der Waals surface area (Å²) in [6.07, 6.45) is 1.75. The van der Waals surface area contributed by atoms with Crippen LogP contribution in [0.5, 0.6) is 11.5 Å². The maximum Gasteiger partial charge on any atom is 0.244 e. The van der Waals surface area contributed by atoms with Crippen LogP contribution in [0, 0.1) is 0 Å². The highest BCUT2D eigenvalue weighted by molar-refractivity contribution is 9.10. The molecule has 27 heavy (non-hydrogen) atoms. The van der Waals surface area contributed by atoms with Gasteiger partial charge < -0.3 is 9.84 Å². The number of phenols is 1. The number of phenolic OH excluding ortho intramolecular Hbond substituents is 1. The van der Waals surface area contributed by atoms with E-state index in [1.54, 1.807) is 12.1 Å². The van der Waals surface area contributed by atoms with E-state index >= 15 is 0 Å². The fourth-order valence-corrected chi connectivity index (χ4v) is 3.23. The lowest BCUT2D eigenvalue weighted by molar-refractivity contribution is -0.120. The molecule has 1 amide bonds. The van der Waals surface area contributed by atoms with E-state index in [0.717, 1.165) is 16.3 Å². The van der Waals surface area contributed by atoms with Crippen molar-refractivity contribution in [2.45, 2.75) is 13.3 Å². The van der Waals surface area contributed by atoms with Crippen molar-refractivity contribution in [2.75, 3.05) is 6.61 Å². The molecular formula is C21H19BrN2O3. The molecule has 0 spiro atoms. The van der Waals surface area contributed by atoms with Crippen LogP contribution in [0.25, 0.3) is 10.8 Å². The summed E-state index contributed by atoms with van der Waals surface area (Å²) in [5, 5.41) is 16.1. The fourth-order valence-electron chi connectivity index (χ4n) is 2.77. The van der Waals surface area contributed by atoms with Crippen molar-refractivity contribution in [1.82, 2.24) is 5.43 Å². The van der Waals surface area contributed by atoms with Crippen molar-refractivity contribution in [3.8, 4) is 11.5 Å². The minimum absolute atomic E-state index is 0.0361. The number of nitrogens with zero attached hydrogens (tertiary/aromatic N) is 1.